The summed E-state index contributed by atoms with van der Waals surface area (Å²) < 4.78 is 0. The van der Waals surface area contributed by atoms with E-state index >= 15 is 0 Å². The Morgan fingerprint density at radius 3 is 2.94 bits per heavy atom. The smallest absolute Gasteiger partial charge is 0.322 e. The predicted octanol–water partition coefficient (Wildman–Crippen LogP) is 0.0742. The molecule has 5 nitrogen and oxygen atoms in total. The first-order valence-corrected chi connectivity index (χ1v) is 5.46. The number of rotatable bonds is 3. The standard InChI is InChI=1S/C12H14N2O3/c15-11(16)7-14-12(17)10-6-13-5-8-3-1-2-4-9(8)10/h1-4,10,13H,5-7H2,(H,14,17)(H,15,16). The second kappa shape index (κ2) is 4.97. The van der Waals surface area contributed by atoms with Crippen LogP contribution in [0.25, 0.3) is 0 Å². The zero-order valence-corrected chi connectivity index (χ0v) is 9.27. The summed E-state index contributed by atoms with van der Waals surface area (Å²) >= 11 is 0. The highest BCUT2D eigenvalue weighted by Crippen LogP contribution is 2.23. The molecule has 1 aliphatic heterocycles. The lowest BCUT2D eigenvalue weighted by molar-refractivity contribution is -0.138. The first-order valence-electron chi connectivity index (χ1n) is 5.46. The number of benzene rings is 1. The Bertz CT molecular complexity index is 445. The lowest BCUT2D eigenvalue weighted by Gasteiger charge is -2.25. The van der Waals surface area contributed by atoms with Crippen LogP contribution in [0.1, 0.15) is 17.0 Å². The van der Waals surface area contributed by atoms with Crippen LogP contribution in [0.3, 0.4) is 0 Å². The molecule has 2 rings (SSSR count). The maximum Gasteiger partial charge on any atom is 0.322 e. The third-order valence-electron chi connectivity index (χ3n) is 2.82. The van der Waals surface area contributed by atoms with Gasteiger partial charge in [-0.05, 0) is 11.1 Å². The fourth-order valence-corrected chi connectivity index (χ4v) is 2.02. The molecule has 3 N–H and O–H groups in total. The number of carboxylic acids is 1. The molecule has 17 heavy (non-hydrogen) atoms. The van der Waals surface area contributed by atoms with Gasteiger partial charge in [0.05, 0.1) is 5.92 Å². The first kappa shape index (κ1) is 11.6. The Morgan fingerprint density at radius 1 is 1.41 bits per heavy atom. The van der Waals surface area contributed by atoms with Crippen molar-refractivity contribution in [3.05, 3.63) is 35.4 Å². The molecule has 0 saturated heterocycles. The average molecular weight is 234 g/mol. The molecule has 0 radical (unpaired) electrons. The van der Waals surface area contributed by atoms with Gasteiger partial charge in [-0.2, -0.15) is 0 Å². The summed E-state index contributed by atoms with van der Waals surface area (Å²) in [5.41, 5.74) is 2.07. The largest absolute Gasteiger partial charge is 0.480 e. The molecule has 1 aliphatic rings. The normalized spacial score (nSPS) is 18.2. The number of aliphatic carboxylic acids is 1. The molecular formula is C12H14N2O3. The van der Waals surface area contributed by atoms with Crippen LogP contribution in [0.4, 0.5) is 0 Å². The Labute approximate surface area is 98.8 Å². The number of carbonyl (C=O) groups excluding carboxylic acids is 1. The molecule has 1 unspecified atom stereocenters. The van der Waals surface area contributed by atoms with Crippen LogP contribution in [0.15, 0.2) is 24.3 Å². The lowest BCUT2D eigenvalue weighted by Crippen LogP contribution is -2.40. The topological polar surface area (TPSA) is 78.4 Å². The number of hydrogen-bond acceptors (Lipinski definition) is 3. The maximum atomic E-state index is 11.9. The van der Waals surface area contributed by atoms with Gasteiger partial charge in [0.15, 0.2) is 0 Å². The lowest BCUT2D eigenvalue weighted by atomic mass is 9.90. The molecular weight excluding hydrogens is 220 g/mol. The summed E-state index contributed by atoms with van der Waals surface area (Å²) in [5.74, 6) is -1.58. The zero-order valence-electron chi connectivity index (χ0n) is 9.27. The minimum atomic E-state index is -1.03. The van der Waals surface area contributed by atoms with Gasteiger partial charge in [0, 0.05) is 13.1 Å². The Balaban J connectivity index is 2.12. The number of fused-ring (bicyclic) bond motifs is 1. The average Bonchev–Trinajstić information content (AvgIpc) is 2.35. The summed E-state index contributed by atoms with van der Waals surface area (Å²) in [4.78, 5) is 22.3. The van der Waals surface area contributed by atoms with Crippen molar-refractivity contribution in [2.24, 2.45) is 0 Å². The summed E-state index contributed by atoms with van der Waals surface area (Å²) in [6.45, 7) is 0.957. The van der Waals surface area contributed by atoms with Crippen LogP contribution in [0.5, 0.6) is 0 Å². The van der Waals surface area contributed by atoms with Gasteiger partial charge in [-0.25, -0.2) is 0 Å². The number of carbonyl (C=O) groups is 2. The van der Waals surface area contributed by atoms with E-state index in [4.69, 9.17) is 5.11 Å². The van der Waals surface area contributed by atoms with E-state index in [9.17, 15) is 9.59 Å². The number of amides is 1. The minimum Gasteiger partial charge on any atom is -0.480 e. The van der Waals surface area contributed by atoms with Gasteiger partial charge < -0.3 is 15.7 Å². The highest BCUT2D eigenvalue weighted by atomic mass is 16.4. The molecule has 0 bridgehead atoms. The van der Waals surface area contributed by atoms with Crippen molar-refractivity contribution in [1.82, 2.24) is 10.6 Å². The van der Waals surface area contributed by atoms with Gasteiger partial charge in [-0.15, -0.1) is 0 Å². The molecule has 0 aromatic heterocycles. The summed E-state index contributed by atoms with van der Waals surface area (Å²) in [7, 11) is 0. The van der Waals surface area contributed by atoms with Crippen molar-refractivity contribution in [2.45, 2.75) is 12.5 Å². The fraction of sp³-hybridized carbons (Fsp3) is 0.333. The monoisotopic (exact) mass is 234 g/mol. The van der Waals surface area contributed by atoms with E-state index in [0.717, 1.165) is 17.7 Å². The van der Waals surface area contributed by atoms with Gasteiger partial charge in [0.25, 0.3) is 0 Å². The molecule has 0 saturated carbocycles. The van der Waals surface area contributed by atoms with E-state index in [2.05, 4.69) is 10.6 Å². The van der Waals surface area contributed by atoms with Gasteiger partial charge in [-0.3, -0.25) is 9.59 Å². The quantitative estimate of drug-likeness (QED) is 0.691. The van der Waals surface area contributed by atoms with E-state index in [1.165, 1.54) is 0 Å². The highest BCUT2D eigenvalue weighted by Gasteiger charge is 2.25. The van der Waals surface area contributed by atoms with Crippen molar-refractivity contribution in [3.8, 4) is 0 Å². The summed E-state index contributed by atoms with van der Waals surface area (Å²) in [6, 6.07) is 7.71. The minimum absolute atomic E-state index is 0.243. The van der Waals surface area contributed by atoms with Gasteiger partial charge in [0.2, 0.25) is 5.91 Å². The molecule has 0 spiro atoms. The molecule has 1 aromatic carbocycles. The number of hydrogen-bond donors (Lipinski definition) is 3. The van der Waals surface area contributed by atoms with Crippen molar-refractivity contribution >= 4 is 11.9 Å². The van der Waals surface area contributed by atoms with Crippen LogP contribution in [0, 0.1) is 0 Å². The Morgan fingerprint density at radius 2 is 2.18 bits per heavy atom. The summed E-state index contributed by atoms with van der Waals surface area (Å²) in [5, 5.41) is 14.1. The molecule has 1 aromatic rings. The number of nitrogens with one attached hydrogen (secondary N) is 2. The van der Waals surface area contributed by atoms with E-state index in [0.29, 0.717) is 6.54 Å². The predicted molar refractivity (Wildman–Crippen MR) is 61.5 cm³/mol. The molecule has 5 heteroatoms. The SMILES string of the molecule is O=C(O)CNC(=O)C1CNCc2ccccc21. The van der Waals surface area contributed by atoms with Gasteiger partial charge >= 0.3 is 5.97 Å². The second-order valence-electron chi connectivity index (χ2n) is 3.99. The van der Waals surface area contributed by atoms with Crippen LogP contribution >= 0.6 is 0 Å². The van der Waals surface area contributed by atoms with Crippen LogP contribution in [-0.2, 0) is 16.1 Å². The third kappa shape index (κ3) is 2.62. The second-order valence-corrected chi connectivity index (χ2v) is 3.99. The fourth-order valence-electron chi connectivity index (χ4n) is 2.02. The molecule has 1 atom stereocenters. The first-order chi connectivity index (χ1) is 8.18. The van der Waals surface area contributed by atoms with Crippen LogP contribution in [0.2, 0.25) is 0 Å². The Hall–Kier alpha value is -1.88. The van der Waals surface area contributed by atoms with E-state index in [-0.39, 0.29) is 18.4 Å². The van der Waals surface area contributed by atoms with Crippen LogP contribution < -0.4 is 10.6 Å². The van der Waals surface area contributed by atoms with E-state index < -0.39 is 5.97 Å². The highest BCUT2D eigenvalue weighted by molar-refractivity contribution is 5.87. The Kier molecular flexibility index (Phi) is 3.39. The number of carboxylic acid groups (broad SMARTS) is 1. The maximum absolute atomic E-state index is 11.9. The molecule has 1 heterocycles. The molecule has 90 valence electrons. The third-order valence-corrected chi connectivity index (χ3v) is 2.82. The van der Waals surface area contributed by atoms with Gasteiger partial charge in [0.1, 0.15) is 6.54 Å². The molecule has 0 fully saturated rings. The van der Waals surface area contributed by atoms with Crippen molar-refractivity contribution in [2.75, 3.05) is 13.1 Å². The molecule has 1 amide bonds. The van der Waals surface area contributed by atoms with E-state index in [1.54, 1.807) is 0 Å². The van der Waals surface area contributed by atoms with Crippen molar-refractivity contribution < 1.29 is 14.7 Å². The van der Waals surface area contributed by atoms with Gasteiger partial charge in [-0.1, -0.05) is 24.3 Å². The van der Waals surface area contributed by atoms with Crippen LogP contribution in [-0.4, -0.2) is 30.1 Å². The van der Waals surface area contributed by atoms with E-state index in [1.807, 2.05) is 24.3 Å². The van der Waals surface area contributed by atoms with Crippen molar-refractivity contribution in [1.29, 1.82) is 0 Å². The molecule has 0 aliphatic carbocycles. The zero-order chi connectivity index (χ0) is 12.3. The van der Waals surface area contributed by atoms with Crippen molar-refractivity contribution in [3.63, 3.8) is 0 Å². The summed E-state index contributed by atoms with van der Waals surface area (Å²) in [6.07, 6.45) is 0.